The molecule has 7 heteroatoms. The fraction of sp³-hybridized carbons (Fsp3) is 0.500. The third-order valence-electron chi connectivity index (χ3n) is 3.91. The molecule has 1 aromatic heterocycles. The monoisotopic (exact) mass is 336 g/mol. The molecule has 0 spiro atoms. The van der Waals surface area contributed by atoms with E-state index in [0.29, 0.717) is 35.7 Å². The number of hydrogen-bond acceptors (Lipinski definition) is 5. The fourth-order valence-electron chi connectivity index (χ4n) is 2.84. The van der Waals surface area contributed by atoms with Gasteiger partial charge in [0.2, 0.25) is 0 Å². The van der Waals surface area contributed by atoms with E-state index in [9.17, 15) is 4.79 Å². The molecule has 2 heterocycles. The summed E-state index contributed by atoms with van der Waals surface area (Å²) in [6, 6.07) is 5.22. The van der Waals surface area contributed by atoms with Crippen LogP contribution in [-0.2, 0) is 9.47 Å². The van der Waals surface area contributed by atoms with Gasteiger partial charge in [-0.05, 0) is 43.3 Å². The predicted molar refractivity (Wildman–Crippen MR) is 87.8 cm³/mol. The van der Waals surface area contributed by atoms with Crippen LogP contribution in [0.3, 0.4) is 0 Å². The van der Waals surface area contributed by atoms with Crippen LogP contribution in [-0.4, -0.2) is 36.4 Å². The zero-order valence-corrected chi connectivity index (χ0v) is 14.0. The van der Waals surface area contributed by atoms with E-state index in [0.717, 1.165) is 11.9 Å². The number of hydrogen-bond donors (Lipinski definition) is 2. The number of fused-ring (bicyclic) bond motifs is 1. The van der Waals surface area contributed by atoms with Gasteiger partial charge in [0.25, 0.3) is 10.7 Å². The number of amides is 1. The zero-order valence-electron chi connectivity index (χ0n) is 13.2. The molecule has 0 saturated carbocycles. The topological polar surface area (TPSA) is 76.5 Å². The molecule has 1 fully saturated rings. The lowest BCUT2D eigenvalue weighted by Crippen LogP contribution is -2.34. The summed E-state index contributed by atoms with van der Waals surface area (Å²) in [4.78, 5) is 15.5. The molecule has 0 bridgehead atoms. The van der Waals surface area contributed by atoms with E-state index in [2.05, 4.69) is 17.2 Å². The Morgan fingerprint density at radius 3 is 2.91 bits per heavy atom. The third-order valence-corrected chi connectivity index (χ3v) is 4.10. The number of nitrogens with one attached hydrogen (secondary N) is 2. The van der Waals surface area contributed by atoms with Crippen molar-refractivity contribution in [3.05, 3.63) is 28.6 Å². The Hall–Kier alpha value is -1.70. The second kappa shape index (κ2) is 6.43. The zero-order chi connectivity index (χ0) is 16.4. The molecule has 1 amide bonds. The SMILES string of the molecule is C[C@H](CNC(=O)c1ccc2[nH]c(=S)oc2c1)CC1(C)OCCO1. The van der Waals surface area contributed by atoms with Crippen molar-refractivity contribution in [1.82, 2.24) is 10.3 Å². The van der Waals surface area contributed by atoms with Crippen LogP contribution in [0, 0.1) is 10.8 Å². The summed E-state index contributed by atoms with van der Waals surface area (Å²) in [5.41, 5.74) is 1.90. The molecule has 1 aromatic carbocycles. The van der Waals surface area contributed by atoms with Crippen molar-refractivity contribution in [2.45, 2.75) is 26.1 Å². The first-order valence-electron chi connectivity index (χ1n) is 7.64. The number of oxazole rings is 1. The maximum absolute atomic E-state index is 12.3. The molecular weight excluding hydrogens is 316 g/mol. The molecule has 1 aliphatic heterocycles. The van der Waals surface area contributed by atoms with Crippen LogP contribution in [0.1, 0.15) is 30.6 Å². The van der Waals surface area contributed by atoms with Crippen molar-refractivity contribution in [1.29, 1.82) is 0 Å². The highest BCUT2D eigenvalue weighted by Crippen LogP contribution is 2.26. The number of carbonyl (C=O) groups excluding carboxylic acids is 1. The van der Waals surface area contributed by atoms with Crippen LogP contribution in [0.4, 0.5) is 0 Å². The number of benzene rings is 1. The molecule has 1 aliphatic rings. The summed E-state index contributed by atoms with van der Waals surface area (Å²) < 4.78 is 16.5. The normalized spacial score (nSPS) is 18.2. The van der Waals surface area contributed by atoms with E-state index in [1.807, 2.05) is 6.92 Å². The van der Waals surface area contributed by atoms with Gasteiger partial charge in [-0.2, -0.15) is 0 Å². The third kappa shape index (κ3) is 3.80. The average Bonchev–Trinajstić information content (AvgIpc) is 3.08. The molecule has 0 radical (unpaired) electrons. The lowest BCUT2D eigenvalue weighted by molar-refractivity contribution is -0.153. The van der Waals surface area contributed by atoms with Crippen molar-refractivity contribution < 1.29 is 18.7 Å². The van der Waals surface area contributed by atoms with E-state index in [1.165, 1.54) is 0 Å². The molecule has 23 heavy (non-hydrogen) atoms. The van der Waals surface area contributed by atoms with Gasteiger partial charge in [0.1, 0.15) is 0 Å². The van der Waals surface area contributed by atoms with Gasteiger partial charge in [-0.15, -0.1) is 0 Å². The Balaban J connectivity index is 1.58. The molecule has 6 nitrogen and oxygen atoms in total. The Morgan fingerprint density at radius 2 is 2.17 bits per heavy atom. The Kier molecular flexibility index (Phi) is 4.52. The summed E-state index contributed by atoms with van der Waals surface area (Å²) in [6.45, 7) is 5.80. The number of aromatic amines is 1. The van der Waals surface area contributed by atoms with E-state index < -0.39 is 5.79 Å². The minimum Gasteiger partial charge on any atom is -0.429 e. The molecular formula is C16H20N2O4S. The minimum absolute atomic E-state index is 0.139. The Labute approximate surface area is 139 Å². The largest absolute Gasteiger partial charge is 0.429 e. The number of ether oxygens (including phenoxy) is 2. The van der Waals surface area contributed by atoms with Gasteiger partial charge in [0, 0.05) is 18.5 Å². The molecule has 1 atom stereocenters. The second-order valence-electron chi connectivity index (χ2n) is 6.08. The minimum atomic E-state index is -0.535. The molecule has 2 N–H and O–H groups in total. The molecule has 3 rings (SSSR count). The summed E-state index contributed by atoms with van der Waals surface area (Å²) in [6.07, 6.45) is 0.735. The lowest BCUT2D eigenvalue weighted by atomic mass is 10.0. The molecule has 1 saturated heterocycles. The quantitative estimate of drug-likeness (QED) is 0.821. The molecule has 0 aliphatic carbocycles. The average molecular weight is 336 g/mol. The number of carbonyl (C=O) groups is 1. The Morgan fingerprint density at radius 1 is 1.43 bits per heavy atom. The van der Waals surface area contributed by atoms with Crippen molar-refractivity contribution in [3.8, 4) is 0 Å². The van der Waals surface area contributed by atoms with Gasteiger partial charge < -0.3 is 24.2 Å². The Bertz CT molecular complexity index is 761. The van der Waals surface area contributed by atoms with Gasteiger partial charge in [-0.3, -0.25) is 4.79 Å². The van der Waals surface area contributed by atoms with Crippen molar-refractivity contribution in [2.75, 3.05) is 19.8 Å². The van der Waals surface area contributed by atoms with Crippen LogP contribution in [0.2, 0.25) is 0 Å². The van der Waals surface area contributed by atoms with Crippen LogP contribution in [0.15, 0.2) is 22.6 Å². The standard InChI is InChI=1S/C16H20N2O4S/c1-10(8-16(2)20-5-6-21-16)9-17-14(19)11-3-4-12-13(7-11)22-15(23)18-12/h3-4,7,10H,5-6,8-9H2,1-2H3,(H,17,19)(H,18,23)/t10-/m0/s1. The van der Waals surface area contributed by atoms with Crippen LogP contribution in [0.25, 0.3) is 11.1 Å². The van der Waals surface area contributed by atoms with Crippen molar-refractivity contribution in [2.24, 2.45) is 5.92 Å². The first-order chi connectivity index (χ1) is 11.0. The highest BCUT2D eigenvalue weighted by Gasteiger charge is 2.32. The maximum Gasteiger partial charge on any atom is 0.266 e. The van der Waals surface area contributed by atoms with Crippen LogP contribution >= 0.6 is 12.2 Å². The van der Waals surface area contributed by atoms with E-state index in [-0.39, 0.29) is 11.8 Å². The van der Waals surface area contributed by atoms with E-state index in [4.69, 9.17) is 26.1 Å². The number of aromatic nitrogens is 1. The second-order valence-corrected chi connectivity index (χ2v) is 6.45. The van der Waals surface area contributed by atoms with E-state index >= 15 is 0 Å². The summed E-state index contributed by atoms with van der Waals surface area (Å²) in [5, 5.41) is 2.93. The smallest absolute Gasteiger partial charge is 0.266 e. The summed E-state index contributed by atoms with van der Waals surface area (Å²) >= 11 is 4.94. The van der Waals surface area contributed by atoms with Gasteiger partial charge in [0.15, 0.2) is 11.4 Å². The first kappa shape index (κ1) is 16.2. The highest BCUT2D eigenvalue weighted by atomic mass is 32.1. The lowest BCUT2D eigenvalue weighted by Gasteiger charge is -2.26. The van der Waals surface area contributed by atoms with Crippen molar-refractivity contribution >= 4 is 29.2 Å². The predicted octanol–water partition coefficient (Wildman–Crippen LogP) is 3.01. The van der Waals surface area contributed by atoms with Gasteiger partial charge >= 0.3 is 0 Å². The number of rotatable bonds is 5. The van der Waals surface area contributed by atoms with E-state index in [1.54, 1.807) is 18.2 Å². The van der Waals surface area contributed by atoms with Crippen LogP contribution in [0.5, 0.6) is 0 Å². The van der Waals surface area contributed by atoms with Crippen molar-refractivity contribution in [3.63, 3.8) is 0 Å². The van der Waals surface area contributed by atoms with Gasteiger partial charge in [0.05, 0.1) is 18.7 Å². The first-order valence-corrected chi connectivity index (χ1v) is 8.05. The fourth-order valence-corrected chi connectivity index (χ4v) is 3.04. The van der Waals surface area contributed by atoms with Gasteiger partial charge in [-0.25, -0.2) is 0 Å². The number of H-pyrrole nitrogens is 1. The van der Waals surface area contributed by atoms with Gasteiger partial charge in [-0.1, -0.05) is 6.92 Å². The highest BCUT2D eigenvalue weighted by molar-refractivity contribution is 7.71. The summed E-state index contributed by atoms with van der Waals surface area (Å²) in [7, 11) is 0. The summed E-state index contributed by atoms with van der Waals surface area (Å²) in [5.74, 6) is -0.436. The molecule has 2 aromatic rings. The maximum atomic E-state index is 12.3. The molecule has 124 valence electrons. The molecule has 0 unspecified atom stereocenters. The van der Waals surface area contributed by atoms with Crippen LogP contribution < -0.4 is 5.32 Å².